The third kappa shape index (κ3) is 2.61. The van der Waals surface area contributed by atoms with Gasteiger partial charge in [0, 0.05) is 5.92 Å². The van der Waals surface area contributed by atoms with E-state index in [0.29, 0.717) is 29.0 Å². The van der Waals surface area contributed by atoms with Crippen LogP contribution < -0.4 is 5.32 Å². The molecule has 1 amide bonds. The number of hydrogen-bond acceptors (Lipinski definition) is 3. The molecule has 0 saturated heterocycles. The molecule has 2 N–H and O–H groups in total. The van der Waals surface area contributed by atoms with Gasteiger partial charge in [-0.25, -0.2) is 9.37 Å². The first-order valence-corrected chi connectivity index (χ1v) is 7.60. The van der Waals surface area contributed by atoms with Crippen molar-refractivity contribution < 1.29 is 9.18 Å². The maximum Gasteiger partial charge on any atom is 0.230 e. The van der Waals surface area contributed by atoms with Gasteiger partial charge in [-0.2, -0.15) is 5.26 Å². The number of benzene rings is 2. The molecule has 6 heteroatoms. The smallest absolute Gasteiger partial charge is 0.230 e. The van der Waals surface area contributed by atoms with Crippen LogP contribution in [0, 0.1) is 23.1 Å². The fourth-order valence-corrected chi connectivity index (χ4v) is 2.94. The molecule has 2 atom stereocenters. The summed E-state index contributed by atoms with van der Waals surface area (Å²) in [6.07, 6.45) is 0.702. The Morgan fingerprint density at radius 1 is 1.33 bits per heavy atom. The lowest BCUT2D eigenvalue weighted by Crippen LogP contribution is -2.15. The Morgan fingerprint density at radius 2 is 2.21 bits per heavy atom. The Balaban J connectivity index is 1.48. The molecule has 1 heterocycles. The van der Waals surface area contributed by atoms with Crippen LogP contribution in [0.25, 0.3) is 11.0 Å². The zero-order valence-corrected chi connectivity index (χ0v) is 12.6. The summed E-state index contributed by atoms with van der Waals surface area (Å²) in [6.45, 7) is 0. The van der Waals surface area contributed by atoms with E-state index in [0.717, 1.165) is 5.56 Å². The van der Waals surface area contributed by atoms with Crippen LogP contribution in [0.3, 0.4) is 0 Å². The van der Waals surface area contributed by atoms with E-state index in [9.17, 15) is 9.18 Å². The molecule has 1 aromatic heterocycles. The highest BCUT2D eigenvalue weighted by atomic mass is 19.1. The van der Waals surface area contributed by atoms with Crippen molar-refractivity contribution in [3.63, 3.8) is 0 Å². The summed E-state index contributed by atoms with van der Waals surface area (Å²) in [7, 11) is 0. The molecule has 3 aromatic rings. The van der Waals surface area contributed by atoms with Crippen molar-refractivity contribution in [2.75, 3.05) is 5.32 Å². The van der Waals surface area contributed by atoms with Gasteiger partial charge in [0.15, 0.2) is 0 Å². The number of nitrogens with one attached hydrogen (secondary N) is 2. The first-order valence-electron chi connectivity index (χ1n) is 7.60. The summed E-state index contributed by atoms with van der Waals surface area (Å²) in [4.78, 5) is 19.6. The van der Waals surface area contributed by atoms with Gasteiger partial charge in [-0.15, -0.1) is 0 Å². The third-order valence-electron chi connectivity index (χ3n) is 4.26. The number of imidazole rings is 1. The predicted molar refractivity (Wildman–Crippen MR) is 86.7 cm³/mol. The van der Waals surface area contributed by atoms with Crippen molar-refractivity contribution in [3.05, 3.63) is 59.4 Å². The number of hydrogen-bond donors (Lipinski definition) is 2. The molecule has 118 valence electrons. The molecule has 0 bridgehead atoms. The van der Waals surface area contributed by atoms with E-state index in [1.165, 1.54) is 12.1 Å². The van der Waals surface area contributed by atoms with Gasteiger partial charge in [0.25, 0.3) is 0 Å². The quantitative estimate of drug-likeness (QED) is 0.776. The molecule has 2 unspecified atom stereocenters. The van der Waals surface area contributed by atoms with Crippen molar-refractivity contribution >= 4 is 22.9 Å². The summed E-state index contributed by atoms with van der Waals surface area (Å²) < 4.78 is 13.3. The van der Waals surface area contributed by atoms with Gasteiger partial charge in [0.2, 0.25) is 11.9 Å². The van der Waals surface area contributed by atoms with Crippen molar-refractivity contribution in [2.24, 2.45) is 5.92 Å². The number of aromatic amines is 1. The molecule has 4 rings (SSSR count). The predicted octanol–water partition coefficient (Wildman–Crippen LogP) is 3.32. The minimum Gasteiger partial charge on any atom is -0.324 e. The van der Waals surface area contributed by atoms with Crippen LogP contribution in [0.2, 0.25) is 0 Å². The first-order chi connectivity index (χ1) is 11.6. The zero-order valence-electron chi connectivity index (χ0n) is 12.6. The van der Waals surface area contributed by atoms with E-state index in [-0.39, 0.29) is 23.6 Å². The topological polar surface area (TPSA) is 81.6 Å². The van der Waals surface area contributed by atoms with Crippen molar-refractivity contribution in [2.45, 2.75) is 12.3 Å². The fraction of sp³-hybridized carbons (Fsp3) is 0.167. The molecular weight excluding hydrogens is 307 g/mol. The third-order valence-corrected chi connectivity index (χ3v) is 4.26. The summed E-state index contributed by atoms with van der Waals surface area (Å²) in [5, 5.41) is 11.7. The summed E-state index contributed by atoms with van der Waals surface area (Å²) >= 11 is 0. The number of H-pyrrole nitrogens is 1. The molecule has 1 aliphatic rings. The maximum atomic E-state index is 13.3. The molecule has 1 fully saturated rings. The number of rotatable bonds is 3. The standard InChI is InChI=1S/C18H13FN4O/c19-12-3-1-2-11(7-12)13-8-14(13)17(24)23-18-21-15-5-4-10(9-20)6-16(15)22-18/h1-7,13-14H,8H2,(H2,21,22,23,24). The largest absolute Gasteiger partial charge is 0.324 e. The van der Waals surface area contributed by atoms with Gasteiger partial charge in [-0.05, 0) is 48.2 Å². The number of nitriles is 1. The molecule has 2 aromatic carbocycles. The average molecular weight is 320 g/mol. The lowest BCUT2D eigenvalue weighted by Gasteiger charge is -2.02. The summed E-state index contributed by atoms with van der Waals surface area (Å²) in [5.74, 6) is -0.187. The molecule has 1 saturated carbocycles. The van der Waals surface area contributed by atoms with Crippen LogP contribution in [0.4, 0.5) is 10.3 Å². The number of aromatic nitrogens is 2. The van der Waals surface area contributed by atoms with Gasteiger partial charge < -0.3 is 4.98 Å². The molecule has 0 aliphatic heterocycles. The monoisotopic (exact) mass is 320 g/mol. The number of fused-ring (bicyclic) bond motifs is 1. The van der Waals surface area contributed by atoms with Crippen molar-refractivity contribution in [3.8, 4) is 6.07 Å². The van der Waals surface area contributed by atoms with E-state index in [1.807, 2.05) is 6.07 Å². The first kappa shape index (κ1) is 14.4. The maximum absolute atomic E-state index is 13.3. The van der Waals surface area contributed by atoms with Crippen LogP contribution in [0.1, 0.15) is 23.5 Å². The summed E-state index contributed by atoms with van der Waals surface area (Å²) in [6, 6.07) is 13.5. The highest BCUT2D eigenvalue weighted by Gasteiger charge is 2.44. The Bertz CT molecular complexity index is 988. The second-order valence-corrected chi connectivity index (χ2v) is 5.92. The van der Waals surface area contributed by atoms with Crippen molar-refractivity contribution in [1.82, 2.24) is 9.97 Å². The van der Waals surface area contributed by atoms with Crippen LogP contribution in [0.5, 0.6) is 0 Å². The summed E-state index contributed by atoms with van der Waals surface area (Å²) in [5.41, 5.74) is 2.75. The van der Waals surface area contributed by atoms with E-state index in [4.69, 9.17) is 5.26 Å². The van der Waals surface area contributed by atoms with Gasteiger partial charge in [-0.3, -0.25) is 10.1 Å². The Labute approximate surface area is 137 Å². The minimum atomic E-state index is -0.288. The normalized spacial score (nSPS) is 19.0. The van der Waals surface area contributed by atoms with Crippen LogP contribution in [0.15, 0.2) is 42.5 Å². The lowest BCUT2D eigenvalue weighted by molar-refractivity contribution is -0.117. The zero-order chi connectivity index (χ0) is 16.7. The number of nitrogens with zero attached hydrogens (tertiary/aromatic N) is 2. The lowest BCUT2D eigenvalue weighted by atomic mass is 10.1. The minimum absolute atomic E-state index is 0.0512. The van der Waals surface area contributed by atoms with Gasteiger partial charge >= 0.3 is 0 Å². The molecule has 0 radical (unpaired) electrons. The second-order valence-electron chi connectivity index (χ2n) is 5.92. The molecular formula is C18H13FN4O. The van der Waals surface area contributed by atoms with E-state index in [2.05, 4.69) is 21.4 Å². The number of carbonyl (C=O) groups excluding carboxylic acids is 1. The van der Waals surface area contributed by atoms with E-state index < -0.39 is 0 Å². The molecule has 5 nitrogen and oxygen atoms in total. The second kappa shape index (κ2) is 5.46. The SMILES string of the molecule is N#Cc1ccc2nc(NC(=O)C3CC3c3cccc(F)c3)[nH]c2c1. The number of amides is 1. The Morgan fingerprint density at radius 3 is 3.00 bits per heavy atom. The Hall–Kier alpha value is -3.20. The highest BCUT2D eigenvalue weighted by Crippen LogP contribution is 2.48. The number of anilines is 1. The Kier molecular flexibility index (Phi) is 3.28. The van der Waals surface area contributed by atoms with Crippen LogP contribution in [-0.2, 0) is 4.79 Å². The fourth-order valence-electron chi connectivity index (χ4n) is 2.94. The van der Waals surface area contributed by atoms with Gasteiger partial charge in [0.1, 0.15) is 5.82 Å². The average Bonchev–Trinajstić information content (AvgIpc) is 3.28. The van der Waals surface area contributed by atoms with Crippen LogP contribution >= 0.6 is 0 Å². The van der Waals surface area contributed by atoms with Gasteiger partial charge in [-0.1, -0.05) is 12.1 Å². The molecule has 1 aliphatic carbocycles. The molecule has 24 heavy (non-hydrogen) atoms. The van der Waals surface area contributed by atoms with E-state index in [1.54, 1.807) is 24.3 Å². The van der Waals surface area contributed by atoms with Crippen LogP contribution in [-0.4, -0.2) is 15.9 Å². The number of halogens is 1. The van der Waals surface area contributed by atoms with E-state index >= 15 is 0 Å². The highest BCUT2D eigenvalue weighted by molar-refractivity contribution is 5.95. The van der Waals surface area contributed by atoms with Gasteiger partial charge in [0.05, 0.1) is 22.7 Å². The van der Waals surface area contributed by atoms with Crippen molar-refractivity contribution in [1.29, 1.82) is 5.26 Å². The number of carbonyl (C=O) groups is 1. The molecule has 0 spiro atoms.